The molecule has 1 fully saturated rings. The van der Waals surface area contributed by atoms with Crippen molar-refractivity contribution in [1.82, 2.24) is 9.78 Å². The fraction of sp³-hybridized carbons (Fsp3) is 0.519. The van der Waals surface area contributed by atoms with Gasteiger partial charge < -0.3 is 10.2 Å². The molecule has 2 amide bonds. The van der Waals surface area contributed by atoms with E-state index in [4.69, 9.17) is 5.10 Å². The summed E-state index contributed by atoms with van der Waals surface area (Å²) < 4.78 is 2.13. The molecule has 0 bridgehead atoms. The number of fused-ring (bicyclic) bond motifs is 1. The van der Waals surface area contributed by atoms with Gasteiger partial charge in [-0.2, -0.15) is 5.10 Å². The zero-order valence-electron chi connectivity index (χ0n) is 21.0. The first kappa shape index (κ1) is 24.6. The maximum absolute atomic E-state index is 13.2. The molecule has 2 aliphatic rings. The van der Waals surface area contributed by atoms with Crippen LogP contribution >= 0.6 is 11.8 Å². The van der Waals surface area contributed by atoms with Crippen molar-refractivity contribution in [3.8, 4) is 0 Å². The van der Waals surface area contributed by atoms with Gasteiger partial charge in [-0.1, -0.05) is 57.9 Å². The van der Waals surface area contributed by atoms with Gasteiger partial charge in [0.1, 0.15) is 0 Å². The molecule has 6 nitrogen and oxygen atoms in total. The summed E-state index contributed by atoms with van der Waals surface area (Å²) >= 11 is 1.49. The molecule has 1 aromatic carbocycles. The molecule has 7 heteroatoms. The van der Waals surface area contributed by atoms with Gasteiger partial charge in [-0.25, -0.2) is 0 Å². The van der Waals surface area contributed by atoms with E-state index in [1.165, 1.54) is 31.0 Å². The zero-order chi connectivity index (χ0) is 24.5. The van der Waals surface area contributed by atoms with Crippen molar-refractivity contribution in [2.24, 2.45) is 5.41 Å². The number of nitrogens with zero attached hydrogens (tertiary/aromatic N) is 3. The Labute approximate surface area is 207 Å². The quantitative estimate of drug-likeness (QED) is 0.405. The molecule has 1 aromatic heterocycles. The largest absolute Gasteiger partial charge is 0.322 e. The molecule has 0 atom stereocenters. The third-order valence-corrected chi connectivity index (χ3v) is 7.72. The fourth-order valence-electron chi connectivity index (χ4n) is 4.79. The molecule has 1 aliphatic heterocycles. The Hall–Kier alpha value is -2.54. The Balaban J connectivity index is 1.46. The molecule has 0 radical (unpaired) electrons. The van der Waals surface area contributed by atoms with E-state index in [0.717, 1.165) is 46.9 Å². The van der Waals surface area contributed by atoms with Crippen LogP contribution in [0.25, 0.3) is 0 Å². The number of rotatable bonds is 5. The van der Waals surface area contributed by atoms with Gasteiger partial charge in [0.15, 0.2) is 0 Å². The number of hydrogen-bond donors (Lipinski definition) is 1. The van der Waals surface area contributed by atoms with E-state index in [1.54, 1.807) is 0 Å². The Kier molecular flexibility index (Phi) is 7.22. The number of carbonyl (C=O) groups is 2. The molecule has 1 aliphatic carbocycles. The van der Waals surface area contributed by atoms with E-state index < -0.39 is 5.41 Å². The van der Waals surface area contributed by atoms with Gasteiger partial charge in [0.05, 0.1) is 21.7 Å². The van der Waals surface area contributed by atoms with Gasteiger partial charge in [-0.15, -0.1) is 0 Å². The molecular formula is C27H36N4O2S. The van der Waals surface area contributed by atoms with Crippen LogP contribution < -0.4 is 10.2 Å². The second-order valence-corrected chi connectivity index (χ2v) is 11.4. The Morgan fingerprint density at radius 3 is 2.56 bits per heavy atom. The molecule has 182 valence electrons. The number of amides is 2. The van der Waals surface area contributed by atoms with E-state index in [2.05, 4.69) is 16.1 Å². The van der Waals surface area contributed by atoms with Crippen molar-refractivity contribution in [1.29, 1.82) is 0 Å². The second kappa shape index (κ2) is 9.98. The van der Waals surface area contributed by atoms with Crippen LogP contribution in [-0.2, 0) is 16.0 Å². The highest BCUT2D eigenvalue weighted by Crippen LogP contribution is 2.36. The van der Waals surface area contributed by atoms with E-state index in [1.807, 2.05) is 63.8 Å². The highest BCUT2D eigenvalue weighted by Gasteiger charge is 2.32. The number of carbonyl (C=O) groups excluding carboxylic acids is 2. The minimum atomic E-state index is -0.422. The first-order valence-electron chi connectivity index (χ1n) is 12.3. The SMILES string of the molecule is C/C=C(\Sc1cc(C)nn1C1CCCCC1)C(=O)Nc1ccc2c(c1)CCN2C(=O)C(C)(C)C. The monoisotopic (exact) mass is 480 g/mol. The molecule has 1 N–H and O–H groups in total. The lowest BCUT2D eigenvalue weighted by Gasteiger charge is -2.26. The van der Waals surface area contributed by atoms with E-state index in [-0.39, 0.29) is 11.8 Å². The van der Waals surface area contributed by atoms with Crippen LogP contribution in [-0.4, -0.2) is 28.1 Å². The molecule has 2 heterocycles. The third kappa shape index (κ3) is 5.24. The zero-order valence-corrected chi connectivity index (χ0v) is 21.8. The minimum Gasteiger partial charge on any atom is -0.322 e. The molecule has 0 saturated heterocycles. The molecule has 1 saturated carbocycles. The number of anilines is 2. The number of nitrogens with one attached hydrogen (secondary N) is 1. The van der Waals surface area contributed by atoms with Gasteiger partial charge in [-0.05, 0) is 62.9 Å². The molecule has 4 rings (SSSR count). The molecule has 0 unspecified atom stereocenters. The average Bonchev–Trinajstić information content (AvgIpc) is 3.39. The lowest BCUT2D eigenvalue weighted by Crippen LogP contribution is -2.38. The van der Waals surface area contributed by atoms with Crippen LogP contribution in [0, 0.1) is 12.3 Å². The van der Waals surface area contributed by atoms with Crippen molar-refractivity contribution in [2.75, 3.05) is 16.8 Å². The summed E-state index contributed by atoms with van der Waals surface area (Å²) in [6, 6.07) is 8.33. The van der Waals surface area contributed by atoms with Crippen molar-refractivity contribution >= 4 is 35.0 Å². The number of hydrogen-bond acceptors (Lipinski definition) is 4. The van der Waals surface area contributed by atoms with Crippen LogP contribution in [0.3, 0.4) is 0 Å². The topological polar surface area (TPSA) is 67.2 Å². The first-order valence-corrected chi connectivity index (χ1v) is 13.2. The number of aryl methyl sites for hydroxylation is 1. The van der Waals surface area contributed by atoms with Gasteiger partial charge in [0.25, 0.3) is 5.91 Å². The predicted molar refractivity (Wildman–Crippen MR) is 139 cm³/mol. The first-order chi connectivity index (χ1) is 16.2. The van der Waals surface area contributed by atoms with Crippen molar-refractivity contribution in [3.05, 3.63) is 46.5 Å². The van der Waals surface area contributed by atoms with Gasteiger partial charge in [0.2, 0.25) is 5.91 Å². The average molecular weight is 481 g/mol. The van der Waals surface area contributed by atoms with Crippen molar-refractivity contribution in [3.63, 3.8) is 0 Å². The third-order valence-electron chi connectivity index (χ3n) is 6.56. The standard InChI is InChI=1S/C27H36N4O2S/c1-6-23(34-24-16-18(2)29-31(24)21-10-8-7-9-11-21)25(32)28-20-12-13-22-19(17-20)14-15-30(22)26(33)27(3,4)5/h6,12-13,16-17,21H,7-11,14-15H2,1-5H3,(H,28,32)/b23-6-. The summed E-state index contributed by atoms with van der Waals surface area (Å²) in [4.78, 5) is 28.4. The lowest BCUT2D eigenvalue weighted by atomic mass is 9.94. The van der Waals surface area contributed by atoms with E-state index in [9.17, 15) is 9.59 Å². The summed E-state index contributed by atoms with van der Waals surface area (Å²) in [6.45, 7) is 10.4. The van der Waals surface area contributed by atoms with Crippen molar-refractivity contribution in [2.45, 2.75) is 84.2 Å². The summed E-state index contributed by atoms with van der Waals surface area (Å²) in [7, 11) is 0. The van der Waals surface area contributed by atoms with E-state index >= 15 is 0 Å². The van der Waals surface area contributed by atoms with Crippen LogP contribution in [0.4, 0.5) is 11.4 Å². The predicted octanol–water partition coefficient (Wildman–Crippen LogP) is 6.27. The highest BCUT2D eigenvalue weighted by atomic mass is 32.2. The number of allylic oxidation sites excluding steroid dienone is 1. The fourth-order valence-corrected chi connectivity index (χ4v) is 5.79. The molecule has 34 heavy (non-hydrogen) atoms. The molecule has 0 spiro atoms. The summed E-state index contributed by atoms with van der Waals surface area (Å²) in [5.74, 6) is 0.00243. The van der Waals surface area contributed by atoms with Crippen LogP contribution in [0.15, 0.2) is 40.3 Å². The molecule has 2 aromatic rings. The number of benzene rings is 1. The van der Waals surface area contributed by atoms with Gasteiger partial charge >= 0.3 is 0 Å². The Bertz CT molecular complexity index is 1110. The van der Waals surface area contributed by atoms with Gasteiger partial charge in [-0.3, -0.25) is 14.3 Å². The highest BCUT2D eigenvalue weighted by molar-refractivity contribution is 8.04. The maximum atomic E-state index is 13.2. The Morgan fingerprint density at radius 2 is 1.88 bits per heavy atom. The van der Waals surface area contributed by atoms with Crippen LogP contribution in [0.2, 0.25) is 0 Å². The number of thioether (sulfide) groups is 1. The van der Waals surface area contributed by atoms with Gasteiger partial charge in [0, 0.05) is 23.3 Å². The second-order valence-electron chi connectivity index (χ2n) is 10.4. The lowest BCUT2D eigenvalue weighted by molar-refractivity contribution is -0.125. The Morgan fingerprint density at radius 1 is 1.15 bits per heavy atom. The van der Waals surface area contributed by atoms with E-state index in [0.29, 0.717) is 17.5 Å². The normalized spacial score (nSPS) is 17.1. The molecular weight excluding hydrogens is 444 g/mol. The number of aromatic nitrogens is 2. The summed E-state index contributed by atoms with van der Waals surface area (Å²) in [5.41, 5.74) is 3.36. The van der Waals surface area contributed by atoms with Crippen LogP contribution in [0.5, 0.6) is 0 Å². The smallest absolute Gasteiger partial charge is 0.262 e. The summed E-state index contributed by atoms with van der Waals surface area (Å²) in [5, 5.41) is 8.84. The van der Waals surface area contributed by atoms with Crippen LogP contribution in [0.1, 0.15) is 77.1 Å². The maximum Gasteiger partial charge on any atom is 0.262 e. The minimum absolute atomic E-state index is 0.123. The van der Waals surface area contributed by atoms with Crippen molar-refractivity contribution < 1.29 is 9.59 Å². The summed E-state index contributed by atoms with van der Waals surface area (Å²) in [6.07, 6.45) is 8.73.